The Balaban J connectivity index is 2.10. The number of hydrogen-bond acceptors (Lipinski definition) is 4. The maximum atomic E-state index is 11.6. The molecule has 96 valence electrons. The van der Waals surface area contributed by atoms with Gasteiger partial charge in [-0.15, -0.1) is 0 Å². The fourth-order valence-electron chi connectivity index (χ4n) is 1.71. The molecule has 2 N–H and O–H groups in total. The Morgan fingerprint density at radius 2 is 2.22 bits per heavy atom. The van der Waals surface area contributed by atoms with E-state index in [9.17, 15) is 9.59 Å². The van der Waals surface area contributed by atoms with Crippen LogP contribution in [0.1, 0.15) is 6.92 Å². The molecule has 18 heavy (non-hydrogen) atoms. The van der Waals surface area contributed by atoms with Crippen molar-refractivity contribution in [1.29, 1.82) is 0 Å². The van der Waals surface area contributed by atoms with E-state index in [1.165, 1.54) is 4.57 Å². The van der Waals surface area contributed by atoms with Gasteiger partial charge >= 0.3 is 11.7 Å². The van der Waals surface area contributed by atoms with E-state index < -0.39 is 17.8 Å². The minimum atomic E-state index is -0.917. The van der Waals surface area contributed by atoms with Crippen LogP contribution >= 0.6 is 0 Å². The summed E-state index contributed by atoms with van der Waals surface area (Å²) in [6.45, 7) is 2.31. The molecule has 0 aliphatic carbocycles. The number of aliphatic carboxylic acids is 1. The number of benzene rings is 1. The summed E-state index contributed by atoms with van der Waals surface area (Å²) in [6.07, 6.45) is 0. The number of rotatable bonds is 5. The fourth-order valence-corrected chi connectivity index (χ4v) is 1.71. The van der Waals surface area contributed by atoms with Gasteiger partial charge in [0, 0.05) is 13.1 Å². The van der Waals surface area contributed by atoms with Crippen LogP contribution in [0.25, 0.3) is 11.1 Å². The second-order valence-electron chi connectivity index (χ2n) is 4.00. The highest BCUT2D eigenvalue weighted by molar-refractivity contribution is 5.73. The lowest BCUT2D eigenvalue weighted by Crippen LogP contribution is -2.36. The Hall–Kier alpha value is -2.08. The molecule has 0 radical (unpaired) electrons. The summed E-state index contributed by atoms with van der Waals surface area (Å²) >= 11 is 0. The number of nitrogens with one attached hydrogen (secondary N) is 1. The van der Waals surface area contributed by atoms with Gasteiger partial charge in [0.1, 0.15) is 6.04 Å². The van der Waals surface area contributed by atoms with E-state index in [4.69, 9.17) is 9.52 Å². The molecule has 0 aliphatic rings. The Labute approximate surface area is 103 Å². The van der Waals surface area contributed by atoms with Gasteiger partial charge in [0.05, 0.1) is 5.52 Å². The number of hydrogen-bond donors (Lipinski definition) is 2. The molecule has 0 fully saturated rings. The molecular weight excluding hydrogens is 236 g/mol. The lowest BCUT2D eigenvalue weighted by Gasteiger charge is -2.08. The van der Waals surface area contributed by atoms with Crippen molar-refractivity contribution in [2.45, 2.75) is 19.5 Å². The van der Waals surface area contributed by atoms with Gasteiger partial charge in [-0.1, -0.05) is 12.1 Å². The Bertz CT molecular complexity index is 614. The maximum Gasteiger partial charge on any atom is 0.419 e. The van der Waals surface area contributed by atoms with E-state index in [0.717, 1.165) is 0 Å². The molecule has 1 aromatic carbocycles. The standard InChI is InChI=1S/C12H14N2O4/c1-8(11(15)16)13-6-7-14-9-4-2-3-5-10(9)18-12(14)17/h2-5,8,13H,6-7H2,1H3,(H,15,16)/t8-/m0/s1. The van der Waals surface area contributed by atoms with E-state index >= 15 is 0 Å². The zero-order chi connectivity index (χ0) is 13.1. The predicted octanol–water partition coefficient (Wildman–Crippen LogP) is 0.657. The molecule has 0 amide bonds. The van der Waals surface area contributed by atoms with Gasteiger partial charge in [0.25, 0.3) is 0 Å². The molecular formula is C12H14N2O4. The average molecular weight is 250 g/mol. The fraction of sp³-hybridized carbons (Fsp3) is 0.333. The molecule has 0 unspecified atom stereocenters. The SMILES string of the molecule is C[C@H](NCCn1c(=O)oc2ccccc21)C(=O)O. The smallest absolute Gasteiger partial charge is 0.419 e. The number of aromatic nitrogens is 1. The van der Waals surface area contributed by atoms with Crippen LogP contribution < -0.4 is 11.1 Å². The molecule has 1 heterocycles. The van der Waals surface area contributed by atoms with E-state index in [1.54, 1.807) is 25.1 Å². The van der Waals surface area contributed by atoms with Crippen LogP contribution in [0.4, 0.5) is 0 Å². The van der Waals surface area contributed by atoms with Gasteiger partial charge in [0.2, 0.25) is 0 Å². The first kappa shape index (κ1) is 12.4. The normalized spacial score (nSPS) is 12.7. The van der Waals surface area contributed by atoms with Crippen LogP contribution in [0, 0.1) is 0 Å². The van der Waals surface area contributed by atoms with Gasteiger partial charge < -0.3 is 14.8 Å². The van der Waals surface area contributed by atoms with Crippen molar-refractivity contribution in [2.75, 3.05) is 6.54 Å². The van der Waals surface area contributed by atoms with Crippen LogP contribution in [-0.2, 0) is 11.3 Å². The van der Waals surface area contributed by atoms with Crippen molar-refractivity contribution in [3.8, 4) is 0 Å². The van der Waals surface area contributed by atoms with Gasteiger partial charge in [0.15, 0.2) is 5.58 Å². The van der Waals surface area contributed by atoms with Gasteiger partial charge in [-0.05, 0) is 19.1 Å². The summed E-state index contributed by atoms with van der Waals surface area (Å²) in [4.78, 5) is 22.2. The third-order valence-electron chi connectivity index (χ3n) is 2.73. The van der Waals surface area contributed by atoms with Crippen molar-refractivity contribution in [3.63, 3.8) is 0 Å². The van der Waals surface area contributed by atoms with Crippen LogP contribution in [0.15, 0.2) is 33.5 Å². The molecule has 2 aromatic rings. The van der Waals surface area contributed by atoms with Crippen molar-refractivity contribution in [1.82, 2.24) is 9.88 Å². The van der Waals surface area contributed by atoms with Crippen LogP contribution in [0.5, 0.6) is 0 Å². The third-order valence-corrected chi connectivity index (χ3v) is 2.73. The molecule has 0 saturated carbocycles. The molecule has 0 aliphatic heterocycles. The number of carboxylic acid groups (broad SMARTS) is 1. The third kappa shape index (κ3) is 2.43. The van der Waals surface area contributed by atoms with Crippen LogP contribution in [0.2, 0.25) is 0 Å². The van der Waals surface area contributed by atoms with E-state index in [1.807, 2.05) is 6.07 Å². The average Bonchev–Trinajstić information content (AvgIpc) is 2.65. The molecule has 1 atom stereocenters. The van der Waals surface area contributed by atoms with Crippen molar-refractivity contribution >= 4 is 17.1 Å². The number of carbonyl (C=O) groups is 1. The summed E-state index contributed by atoms with van der Waals surface area (Å²) in [5.74, 6) is -1.35. The highest BCUT2D eigenvalue weighted by Gasteiger charge is 2.11. The summed E-state index contributed by atoms with van der Waals surface area (Å²) in [5, 5.41) is 11.5. The molecule has 6 heteroatoms. The first-order valence-corrected chi connectivity index (χ1v) is 5.64. The van der Waals surface area contributed by atoms with Gasteiger partial charge in [-0.3, -0.25) is 9.36 Å². The number of oxazole rings is 1. The predicted molar refractivity (Wildman–Crippen MR) is 65.6 cm³/mol. The topological polar surface area (TPSA) is 84.5 Å². The highest BCUT2D eigenvalue weighted by atomic mass is 16.4. The zero-order valence-electron chi connectivity index (χ0n) is 9.92. The minimum Gasteiger partial charge on any atom is -0.480 e. The number of nitrogens with zero attached hydrogens (tertiary/aromatic N) is 1. The van der Waals surface area contributed by atoms with Crippen molar-refractivity contribution in [2.24, 2.45) is 0 Å². The van der Waals surface area contributed by atoms with Gasteiger partial charge in [-0.2, -0.15) is 0 Å². The maximum absolute atomic E-state index is 11.6. The molecule has 6 nitrogen and oxygen atoms in total. The lowest BCUT2D eigenvalue weighted by molar-refractivity contribution is -0.138. The monoisotopic (exact) mass is 250 g/mol. The molecule has 0 bridgehead atoms. The summed E-state index contributed by atoms with van der Waals surface area (Å²) in [6, 6.07) is 6.49. The first-order valence-electron chi connectivity index (χ1n) is 5.64. The molecule has 0 saturated heterocycles. The quantitative estimate of drug-likeness (QED) is 0.814. The number of para-hydroxylation sites is 2. The number of fused-ring (bicyclic) bond motifs is 1. The Morgan fingerprint density at radius 3 is 2.94 bits per heavy atom. The molecule has 1 aromatic heterocycles. The van der Waals surface area contributed by atoms with Crippen LogP contribution in [-0.4, -0.2) is 28.2 Å². The lowest BCUT2D eigenvalue weighted by atomic mass is 10.3. The van der Waals surface area contributed by atoms with E-state index in [2.05, 4.69) is 5.32 Å². The summed E-state index contributed by atoms with van der Waals surface area (Å²) in [7, 11) is 0. The second-order valence-corrected chi connectivity index (χ2v) is 4.00. The van der Waals surface area contributed by atoms with Crippen molar-refractivity contribution < 1.29 is 14.3 Å². The molecule has 2 rings (SSSR count). The first-order chi connectivity index (χ1) is 8.59. The Morgan fingerprint density at radius 1 is 1.50 bits per heavy atom. The minimum absolute atomic E-state index is 0.369. The molecule has 0 spiro atoms. The number of carboxylic acids is 1. The zero-order valence-corrected chi connectivity index (χ0v) is 9.92. The van der Waals surface area contributed by atoms with E-state index in [-0.39, 0.29) is 0 Å². The van der Waals surface area contributed by atoms with E-state index in [0.29, 0.717) is 24.2 Å². The second kappa shape index (κ2) is 5.05. The highest BCUT2D eigenvalue weighted by Crippen LogP contribution is 2.10. The summed E-state index contributed by atoms with van der Waals surface area (Å²) < 4.78 is 6.55. The van der Waals surface area contributed by atoms with Crippen LogP contribution in [0.3, 0.4) is 0 Å². The van der Waals surface area contributed by atoms with Crippen molar-refractivity contribution in [3.05, 3.63) is 34.8 Å². The van der Waals surface area contributed by atoms with Gasteiger partial charge in [-0.25, -0.2) is 4.79 Å². The largest absolute Gasteiger partial charge is 0.480 e. The summed E-state index contributed by atoms with van der Waals surface area (Å²) in [5.41, 5.74) is 1.25. The Kier molecular flexibility index (Phi) is 3.47.